The molecule has 0 radical (unpaired) electrons. The predicted molar refractivity (Wildman–Crippen MR) is 108 cm³/mol. The number of phenolic OH excluding ortho intramolecular Hbond substituents is 1. The summed E-state index contributed by atoms with van der Waals surface area (Å²) in [4.78, 5) is 23.4. The molecule has 1 aliphatic carbocycles. The number of aromatic carboxylic acids is 1. The highest BCUT2D eigenvalue weighted by Gasteiger charge is 2.21. The van der Waals surface area contributed by atoms with Crippen LogP contribution in [-0.4, -0.2) is 30.3 Å². The standard InChI is InChI=1S/C20H12O5.C2H7N/c21-11-5-7-15-17(9-11)25-18-10-12(22)6-8-16(18)19(15)13-3-1-2-4-14(13)20(23)24;1-3-2/h1-10,21H,(H,23,24);3H,1-2H3. The van der Waals surface area contributed by atoms with Gasteiger partial charge in [-0.25, -0.2) is 4.79 Å². The number of rotatable bonds is 2. The molecule has 0 amide bonds. The largest absolute Gasteiger partial charge is 0.508 e. The molecule has 142 valence electrons. The van der Waals surface area contributed by atoms with Crippen molar-refractivity contribution >= 4 is 16.9 Å². The molecule has 2 aromatic rings. The number of benzene rings is 3. The van der Waals surface area contributed by atoms with Crippen LogP contribution in [0.3, 0.4) is 0 Å². The first-order valence-corrected chi connectivity index (χ1v) is 8.57. The van der Waals surface area contributed by atoms with E-state index in [2.05, 4.69) is 5.32 Å². The van der Waals surface area contributed by atoms with Crippen LogP contribution in [0.2, 0.25) is 0 Å². The highest BCUT2D eigenvalue weighted by molar-refractivity contribution is 6.07. The Bertz CT molecular complexity index is 1180. The quantitative estimate of drug-likeness (QED) is 0.460. The monoisotopic (exact) mass is 377 g/mol. The lowest BCUT2D eigenvalue weighted by atomic mass is 9.91. The first kappa shape index (κ1) is 19.1. The minimum absolute atomic E-state index is 0.0198. The molecule has 0 spiro atoms. The molecule has 0 bridgehead atoms. The molecule has 0 atom stereocenters. The topological polar surface area (TPSA) is 99.8 Å². The number of hydrogen-bond donors (Lipinski definition) is 3. The molecular weight excluding hydrogens is 358 g/mol. The Balaban J connectivity index is 0.000000706. The third kappa shape index (κ3) is 3.58. The molecule has 6 nitrogen and oxygen atoms in total. The van der Waals surface area contributed by atoms with Crippen molar-refractivity contribution in [2.75, 3.05) is 14.1 Å². The van der Waals surface area contributed by atoms with E-state index in [0.717, 1.165) is 0 Å². The van der Waals surface area contributed by atoms with E-state index in [4.69, 9.17) is 4.42 Å². The fourth-order valence-electron chi connectivity index (χ4n) is 3.04. The van der Waals surface area contributed by atoms with Crippen LogP contribution < -0.4 is 10.7 Å². The van der Waals surface area contributed by atoms with E-state index in [-0.39, 0.29) is 16.7 Å². The number of fused-ring (bicyclic) bond motifs is 2. The highest BCUT2D eigenvalue weighted by atomic mass is 16.4. The molecule has 0 saturated carbocycles. The summed E-state index contributed by atoms with van der Waals surface area (Å²) >= 11 is 0. The molecule has 28 heavy (non-hydrogen) atoms. The van der Waals surface area contributed by atoms with Crippen LogP contribution in [0.1, 0.15) is 10.4 Å². The number of carbonyl (C=O) groups is 1. The number of carboxylic acid groups (broad SMARTS) is 1. The number of aromatic hydroxyl groups is 1. The fraction of sp³-hybridized carbons (Fsp3) is 0.0909. The van der Waals surface area contributed by atoms with Gasteiger partial charge in [-0.2, -0.15) is 0 Å². The van der Waals surface area contributed by atoms with Crippen LogP contribution in [-0.2, 0) is 0 Å². The van der Waals surface area contributed by atoms with Gasteiger partial charge in [-0.05, 0) is 50.0 Å². The van der Waals surface area contributed by atoms with Crippen molar-refractivity contribution in [2.45, 2.75) is 0 Å². The van der Waals surface area contributed by atoms with Gasteiger partial charge in [0.15, 0.2) is 5.43 Å². The zero-order valence-corrected chi connectivity index (χ0v) is 15.4. The fourth-order valence-corrected chi connectivity index (χ4v) is 3.04. The summed E-state index contributed by atoms with van der Waals surface area (Å²) in [6, 6.07) is 15.7. The van der Waals surface area contributed by atoms with Gasteiger partial charge < -0.3 is 19.9 Å². The van der Waals surface area contributed by atoms with Crippen LogP contribution in [0, 0.1) is 0 Å². The Morgan fingerprint density at radius 2 is 1.68 bits per heavy atom. The second kappa shape index (κ2) is 7.94. The Morgan fingerprint density at radius 3 is 2.39 bits per heavy atom. The first-order valence-electron chi connectivity index (χ1n) is 8.57. The van der Waals surface area contributed by atoms with Gasteiger partial charge in [0.1, 0.15) is 17.1 Å². The maximum Gasteiger partial charge on any atom is 0.336 e. The minimum Gasteiger partial charge on any atom is -0.508 e. The van der Waals surface area contributed by atoms with Gasteiger partial charge in [0.25, 0.3) is 0 Å². The second-order valence-electron chi connectivity index (χ2n) is 6.17. The van der Waals surface area contributed by atoms with Crippen molar-refractivity contribution in [2.24, 2.45) is 0 Å². The molecule has 1 heterocycles. The Morgan fingerprint density at radius 1 is 0.964 bits per heavy atom. The lowest BCUT2D eigenvalue weighted by Crippen LogP contribution is -2.03. The number of phenols is 1. The molecule has 0 aromatic heterocycles. The van der Waals surface area contributed by atoms with E-state index in [1.807, 2.05) is 14.1 Å². The van der Waals surface area contributed by atoms with Crippen molar-refractivity contribution in [1.29, 1.82) is 0 Å². The van der Waals surface area contributed by atoms with Crippen molar-refractivity contribution in [3.8, 4) is 28.2 Å². The van der Waals surface area contributed by atoms with E-state index < -0.39 is 5.97 Å². The summed E-state index contributed by atoms with van der Waals surface area (Å²) in [5, 5.41) is 22.7. The normalized spacial score (nSPS) is 10.5. The lowest BCUT2D eigenvalue weighted by Gasteiger charge is -2.16. The molecule has 1 aliphatic heterocycles. The molecule has 0 fully saturated rings. The van der Waals surface area contributed by atoms with Crippen molar-refractivity contribution in [1.82, 2.24) is 5.32 Å². The molecule has 0 unspecified atom stereocenters. The zero-order chi connectivity index (χ0) is 20.3. The van der Waals surface area contributed by atoms with E-state index in [0.29, 0.717) is 33.4 Å². The number of hydrogen-bond acceptors (Lipinski definition) is 5. The van der Waals surface area contributed by atoms with Gasteiger partial charge in [0.2, 0.25) is 0 Å². The maximum absolute atomic E-state index is 11.7. The van der Waals surface area contributed by atoms with Crippen LogP contribution >= 0.6 is 0 Å². The maximum atomic E-state index is 11.7. The zero-order valence-electron chi connectivity index (χ0n) is 15.4. The predicted octanol–water partition coefficient (Wildman–Crippen LogP) is 3.80. The van der Waals surface area contributed by atoms with Gasteiger partial charge in [-0.15, -0.1) is 0 Å². The summed E-state index contributed by atoms with van der Waals surface area (Å²) in [5.41, 5.74) is 2.10. The molecule has 4 rings (SSSR count). The molecule has 0 saturated heterocycles. The van der Waals surface area contributed by atoms with Crippen molar-refractivity contribution in [3.05, 3.63) is 76.5 Å². The number of carboxylic acids is 1. The van der Waals surface area contributed by atoms with Gasteiger partial charge in [0, 0.05) is 28.6 Å². The van der Waals surface area contributed by atoms with Gasteiger partial charge in [-0.3, -0.25) is 4.79 Å². The third-order valence-corrected chi connectivity index (χ3v) is 4.10. The highest BCUT2D eigenvalue weighted by Crippen LogP contribution is 2.41. The lowest BCUT2D eigenvalue weighted by molar-refractivity contribution is 0.0697. The van der Waals surface area contributed by atoms with E-state index >= 15 is 0 Å². The van der Waals surface area contributed by atoms with Crippen LogP contribution in [0.15, 0.2) is 69.9 Å². The molecular formula is C22H19NO5. The van der Waals surface area contributed by atoms with Crippen molar-refractivity contribution in [3.63, 3.8) is 0 Å². The summed E-state index contributed by atoms with van der Waals surface area (Å²) in [5.74, 6) is -0.691. The summed E-state index contributed by atoms with van der Waals surface area (Å²) in [6.45, 7) is 0. The molecule has 3 N–H and O–H groups in total. The Hall–Kier alpha value is -3.64. The van der Waals surface area contributed by atoms with Gasteiger partial charge in [0.05, 0.1) is 5.56 Å². The van der Waals surface area contributed by atoms with E-state index in [1.165, 1.54) is 30.3 Å². The van der Waals surface area contributed by atoms with E-state index in [9.17, 15) is 19.8 Å². The van der Waals surface area contributed by atoms with Gasteiger partial charge in [-0.1, -0.05) is 18.2 Å². The Labute approximate surface area is 161 Å². The van der Waals surface area contributed by atoms with Crippen LogP contribution in [0.5, 0.6) is 5.75 Å². The summed E-state index contributed by atoms with van der Waals surface area (Å²) in [6.07, 6.45) is 0. The smallest absolute Gasteiger partial charge is 0.336 e. The average molecular weight is 377 g/mol. The molecule has 2 aliphatic rings. The van der Waals surface area contributed by atoms with Crippen LogP contribution in [0.4, 0.5) is 0 Å². The molecule has 6 heteroatoms. The second-order valence-corrected chi connectivity index (χ2v) is 6.17. The van der Waals surface area contributed by atoms with Crippen LogP contribution in [0.25, 0.3) is 33.4 Å². The van der Waals surface area contributed by atoms with Crippen molar-refractivity contribution < 1.29 is 19.4 Å². The first-order chi connectivity index (χ1) is 13.5. The summed E-state index contributed by atoms with van der Waals surface area (Å²) in [7, 11) is 3.75. The minimum atomic E-state index is -1.04. The number of nitrogens with one attached hydrogen (secondary N) is 1. The SMILES string of the molecule is CNC.O=C(O)c1ccccc1-c1c2ccc(=O)cc-2oc2cc(O)ccc12. The molecule has 2 aromatic carbocycles. The third-order valence-electron chi connectivity index (χ3n) is 4.10. The average Bonchev–Trinajstić information content (AvgIpc) is 2.66. The summed E-state index contributed by atoms with van der Waals surface area (Å²) < 4.78 is 5.76. The Kier molecular flexibility index (Phi) is 5.42. The van der Waals surface area contributed by atoms with E-state index in [1.54, 1.807) is 30.3 Å². The van der Waals surface area contributed by atoms with Gasteiger partial charge >= 0.3 is 5.97 Å².